The number of aromatic nitrogens is 1. The Morgan fingerprint density at radius 3 is 3.00 bits per heavy atom. The summed E-state index contributed by atoms with van der Waals surface area (Å²) in [5.41, 5.74) is -0.158. The summed E-state index contributed by atoms with van der Waals surface area (Å²) in [6.45, 7) is 0.758. The van der Waals surface area contributed by atoms with Crippen LogP contribution in [0.4, 0.5) is 5.69 Å². The Balaban J connectivity index is 2.15. The third-order valence-electron chi connectivity index (χ3n) is 2.49. The highest BCUT2D eigenvalue weighted by atomic mass is 16.6. The summed E-state index contributed by atoms with van der Waals surface area (Å²) in [6.07, 6.45) is 0.852. The molecule has 1 aromatic rings. The molecule has 0 aromatic carbocycles. The zero-order valence-electron chi connectivity index (χ0n) is 9.24. The predicted octanol–water partition coefficient (Wildman–Crippen LogP) is 0.782. The summed E-state index contributed by atoms with van der Waals surface area (Å²) in [5, 5.41) is 10.8. The van der Waals surface area contributed by atoms with Gasteiger partial charge in [-0.3, -0.25) is 10.1 Å². The summed E-state index contributed by atoms with van der Waals surface area (Å²) < 4.78 is 15.8. The minimum atomic E-state index is -0.528. The van der Waals surface area contributed by atoms with Crippen molar-refractivity contribution in [1.29, 1.82) is 0 Å². The predicted molar refractivity (Wildman–Crippen MR) is 56.9 cm³/mol. The van der Waals surface area contributed by atoms with Crippen molar-refractivity contribution in [2.24, 2.45) is 0 Å². The molecule has 1 aliphatic rings. The van der Waals surface area contributed by atoms with Crippen LogP contribution in [-0.4, -0.2) is 42.4 Å². The molecule has 1 aromatic heterocycles. The molecular formula is C10H12N2O5. The van der Waals surface area contributed by atoms with Crippen molar-refractivity contribution in [3.05, 3.63) is 28.4 Å². The first-order valence-corrected chi connectivity index (χ1v) is 5.09. The molecule has 1 aliphatic heterocycles. The first-order chi connectivity index (χ1) is 8.22. The molecule has 2 rings (SSSR count). The SMILES string of the molecule is CO[C@H]1COC[C@@H]1Oc1ncccc1[N+](=O)[O-]. The maximum absolute atomic E-state index is 10.8. The second-order valence-electron chi connectivity index (χ2n) is 3.55. The maximum Gasteiger partial charge on any atom is 0.330 e. The van der Waals surface area contributed by atoms with E-state index in [0.29, 0.717) is 13.2 Å². The van der Waals surface area contributed by atoms with Gasteiger partial charge in [-0.1, -0.05) is 0 Å². The first kappa shape index (κ1) is 11.7. The Bertz CT molecular complexity index is 411. The smallest absolute Gasteiger partial charge is 0.330 e. The lowest BCUT2D eigenvalue weighted by Crippen LogP contribution is -2.32. The Kier molecular flexibility index (Phi) is 3.50. The van der Waals surface area contributed by atoms with E-state index < -0.39 is 4.92 Å². The van der Waals surface area contributed by atoms with E-state index in [1.54, 1.807) is 7.11 Å². The van der Waals surface area contributed by atoms with Crippen molar-refractivity contribution in [3.63, 3.8) is 0 Å². The third kappa shape index (κ3) is 2.51. The molecule has 1 fully saturated rings. The lowest BCUT2D eigenvalue weighted by molar-refractivity contribution is -0.386. The quantitative estimate of drug-likeness (QED) is 0.571. The molecule has 2 heterocycles. The van der Waals surface area contributed by atoms with Crippen LogP contribution in [0.5, 0.6) is 5.88 Å². The van der Waals surface area contributed by atoms with Gasteiger partial charge in [0.25, 0.3) is 5.88 Å². The molecule has 1 saturated heterocycles. The number of ether oxygens (including phenoxy) is 3. The van der Waals surface area contributed by atoms with Gasteiger partial charge in [0, 0.05) is 19.4 Å². The minimum absolute atomic E-state index is 0.00458. The standard InChI is InChI=1S/C10H12N2O5/c1-15-8-5-16-6-9(8)17-10-7(12(13)14)3-2-4-11-10/h2-4,8-9H,5-6H2,1H3/t8-,9-/m0/s1. The molecule has 0 amide bonds. The summed E-state index contributed by atoms with van der Waals surface area (Å²) in [7, 11) is 1.54. The highest BCUT2D eigenvalue weighted by Crippen LogP contribution is 2.26. The molecule has 0 unspecified atom stereocenters. The van der Waals surface area contributed by atoms with Gasteiger partial charge in [-0.05, 0) is 6.07 Å². The fourth-order valence-electron chi connectivity index (χ4n) is 1.60. The van der Waals surface area contributed by atoms with Crippen molar-refractivity contribution >= 4 is 5.69 Å². The van der Waals surface area contributed by atoms with Crippen LogP contribution in [0.2, 0.25) is 0 Å². The lowest BCUT2D eigenvalue weighted by Gasteiger charge is -2.16. The highest BCUT2D eigenvalue weighted by Gasteiger charge is 2.32. The van der Waals surface area contributed by atoms with E-state index in [-0.39, 0.29) is 23.8 Å². The summed E-state index contributed by atoms with van der Waals surface area (Å²) >= 11 is 0. The fourth-order valence-corrected chi connectivity index (χ4v) is 1.60. The number of hydrogen-bond acceptors (Lipinski definition) is 6. The van der Waals surface area contributed by atoms with Gasteiger partial charge < -0.3 is 14.2 Å². The molecule has 0 aliphatic carbocycles. The van der Waals surface area contributed by atoms with E-state index in [1.165, 1.54) is 18.3 Å². The normalized spacial score (nSPS) is 23.6. The average molecular weight is 240 g/mol. The van der Waals surface area contributed by atoms with Gasteiger partial charge in [0.05, 0.1) is 18.1 Å². The number of nitrogens with zero attached hydrogens (tertiary/aromatic N) is 2. The zero-order chi connectivity index (χ0) is 12.3. The van der Waals surface area contributed by atoms with Crippen LogP contribution < -0.4 is 4.74 Å². The Labute approximate surface area is 97.5 Å². The minimum Gasteiger partial charge on any atom is -0.464 e. The number of nitro groups is 1. The highest BCUT2D eigenvalue weighted by molar-refractivity contribution is 5.39. The van der Waals surface area contributed by atoms with Crippen LogP contribution in [0.25, 0.3) is 0 Å². The molecule has 92 valence electrons. The van der Waals surface area contributed by atoms with Gasteiger partial charge in [-0.2, -0.15) is 0 Å². The van der Waals surface area contributed by atoms with E-state index in [4.69, 9.17) is 14.2 Å². The third-order valence-corrected chi connectivity index (χ3v) is 2.49. The molecule has 7 nitrogen and oxygen atoms in total. The molecule has 0 N–H and O–H groups in total. The monoisotopic (exact) mass is 240 g/mol. The van der Waals surface area contributed by atoms with Gasteiger partial charge in [0.15, 0.2) is 6.10 Å². The van der Waals surface area contributed by atoms with E-state index in [2.05, 4.69) is 4.98 Å². The summed E-state index contributed by atoms with van der Waals surface area (Å²) in [5.74, 6) is -0.00458. The first-order valence-electron chi connectivity index (χ1n) is 5.09. The topological polar surface area (TPSA) is 83.7 Å². The van der Waals surface area contributed by atoms with Crippen molar-refractivity contribution in [2.45, 2.75) is 12.2 Å². The van der Waals surface area contributed by atoms with E-state index in [9.17, 15) is 10.1 Å². The number of hydrogen-bond donors (Lipinski definition) is 0. The second kappa shape index (κ2) is 5.07. The van der Waals surface area contributed by atoms with Crippen molar-refractivity contribution in [3.8, 4) is 5.88 Å². The summed E-state index contributed by atoms with van der Waals surface area (Å²) in [4.78, 5) is 14.1. The Hall–Kier alpha value is -1.73. The molecule has 0 radical (unpaired) electrons. The molecule has 0 spiro atoms. The van der Waals surface area contributed by atoms with Crippen LogP contribution in [-0.2, 0) is 9.47 Å². The van der Waals surface area contributed by atoms with E-state index in [1.807, 2.05) is 0 Å². The average Bonchev–Trinajstić information content (AvgIpc) is 2.77. The van der Waals surface area contributed by atoms with Crippen LogP contribution in [0.3, 0.4) is 0 Å². The van der Waals surface area contributed by atoms with Gasteiger partial charge in [-0.25, -0.2) is 4.98 Å². The molecule has 2 atom stereocenters. The molecule has 17 heavy (non-hydrogen) atoms. The fraction of sp³-hybridized carbons (Fsp3) is 0.500. The number of rotatable bonds is 4. The maximum atomic E-state index is 10.8. The van der Waals surface area contributed by atoms with E-state index >= 15 is 0 Å². The van der Waals surface area contributed by atoms with Crippen LogP contribution in [0.1, 0.15) is 0 Å². The lowest BCUT2D eigenvalue weighted by atomic mass is 10.2. The summed E-state index contributed by atoms with van der Waals surface area (Å²) in [6, 6.07) is 2.84. The molecule has 0 bridgehead atoms. The van der Waals surface area contributed by atoms with Crippen molar-refractivity contribution < 1.29 is 19.1 Å². The Morgan fingerprint density at radius 1 is 1.53 bits per heavy atom. The Morgan fingerprint density at radius 2 is 2.29 bits per heavy atom. The number of pyridine rings is 1. The van der Waals surface area contributed by atoms with Gasteiger partial charge in [-0.15, -0.1) is 0 Å². The van der Waals surface area contributed by atoms with Gasteiger partial charge in [0.2, 0.25) is 0 Å². The molecule has 7 heteroatoms. The number of methoxy groups -OCH3 is 1. The molecule has 0 saturated carbocycles. The van der Waals surface area contributed by atoms with E-state index in [0.717, 1.165) is 0 Å². The van der Waals surface area contributed by atoms with Crippen LogP contribution in [0.15, 0.2) is 18.3 Å². The molecular weight excluding hydrogens is 228 g/mol. The second-order valence-corrected chi connectivity index (χ2v) is 3.55. The van der Waals surface area contributed by atoms with Crippen molar-refractivity contribution in [2.75, 3.05) is 20.3 Å². The van der Waals surface area contributed by atoms with Crippen LogP contribution >= 0.6 is 0 Å². The largest absolute Gasteiger partial charge is 0.464 e. The van der Waals surface area contributed by atoms with Crippen LogP contribution in [0, 0.1) is 10.1 Å². The van der Waals surface area contributed by atoms with Crippen molar-refractivity contribution in [1.82, 2.24) is 4.98 Å². The van der Waals surface area contributed by atoms with Gasteiger partial charge in [0.1, 0.15) is 6.10 Å². The van der Waals surface area contributed by atoms with Gasteiger partial charge >= 0.3 is 5.69 Å². The zero-order valence-corrected chi connectivity index (χ0v) is 9.24.